The summed E-state index contributed by atoms with van der Waals surface area (Å²) < 4.78 is 38.7. The molecule has 0 bridgehead atoms. The molecule has 1 heterocycles. The largest absolute Gasteiger partial charge is 0.391 e. The molecule has 1 aliphatic heterocycles. The van der Waals surface area contributed by atoms with E-state index in [0.29, 0.717) is 19.6 Å². The lowest BCUT2D eigenvalue weighted by atomic mass is 9.96. The van der Waals surface area contributed by atoms with Crippen LogP contribution in [0.1, 0.15) is 18.4 Å². The molecule has 0 spiro atoms. The van der Waals surface area contributed by atoms with E-state index in [1.807, 2.05) is 23.1 Å². The highest BCUT2D eigenvalue weighted by molar-refractivity contribution is 9.10. The highest BCUT2D eigenvalue weighted by Gasteiger charge is 2.41. The van der Waals surface area contributed by atoms with E-state index in [1.54, 1.807) is 0 Å². The van der Waals surface area contributed by atoms with Crippen LogP contribution in [0.3, 0.4) is 0 Å². The summed E-state index contributed by atoms with van der Waals surface area (Å²) in [6, 6.07) is 5.76. The zero-order valence-corrected chi connectivity index (χ0v) is 12.0. The van der Waals surface area contributed by atoms with Crippen molar-refractivity contribution in [1.29, 1.82) is 0 Å². The number of benzene rings is 1. The molecule has 0 atom stereocenters. The molecule has 106 valence electrons. The van der Waals surface area contributed by atoms with Crippen molar-refractivity contribution in [3.8, 4) is 0 Å². The SMILES string of the molecule is NCc1ccc(N2CCC(C(F)(F)F)CC2)cc1Br. The van der Waals surface area contributed by atoms with E-state index in [4.69, 9.17) is 5.73 Å². The quantitative estimate of drug-likeness (QED) is 0.892. The zero-order chi connectivity index (χ0) is 14.0. The van der Waals surface area contributed by atoms with Crippen LogP contribution in [-0.2, 0) is 6.54 Å². The van der Waals surface area contributed by atoms with Crippen LogP contribution in [0.2, 0.25) is 0 Å². The number of hydrogen-bond donors (Lipinski definition) is 1. The Balaban J connectivity index is 2.04. The topological polar surface area (TPSA) is 29.3 Å². The van der Waals surface area contributed by atoms with Crippen molar-refractivity contribution in [1.82, 2.24) is 0 Å². The molecule has 19 heavy (non-hydrogen) atoms. The Hall–Kier alpha value is -0.750. The van der Waals surface area contributed by atoms with Crippen LogP contribution in [0.4, 0.5) is 18.9 Å². The minimum Gasteiger partial charge on any atom is -0.371 e. The second-order valence-electron chi connectivity index (χ2n) is 4.78. The van der Waals surface area contributed by atoms with E-state index in [1.165, 1.54) is 0 Å². The molecule has 0 aromatic heterocycles. The Morgan fingerprint density at radius 1 is 1.26 bits per heavy atom. The lowest BCUT2D eigenvalue weighted by molar-refractivity contribution is -0.179. The van der Waals surface area contributed by atoms with Gasteiger partial charge in [-0.25, -0.2) is 0 Å². The van der Waals surface area contributed by atoms with Gasteiger partial charge in [0.05, 0.1) is 5.92 Å². The molecule has 0 amide bonds. The first-order valence-corrected chi connectivity index (χ1v) is 7.01. The second kappa shape index (κ2) is 5.71. The Kier molecular flexibility index (Phi) is 4.40. The van der Waals surface area contributed by atoms with Gasteiger partial charge in [0.2, 0.25) is 0 Å². The fraction of sp³-hybridized carbons (Fsp3) is 0.538. The molecule has 0 radical (unpaired) electrons. The Labute approximate surface area is 118 Å². The van der Waals surface area contributed by atoms with Gasteiger partial charge in [-0.05, 0) is 30.5 Å². The predicted molar refractivity (Wildman–Crippen MR) is 73.0 cm³/mol. The second-order valence-corrected chi connectivity index (χ2v) is 5.64. The van der Waals surface area contributed by atoms with Crippen molar-refractivity contribution in [2.45, 2.75) is 25.6 Å². The molecule has 0 aliphatic carbocycles. The van der Waals surface area contributed by atoms with Crippen LogP contribution in [-0.4, -0.2) is 19.3 Å². The number of nitrogens with zero attached hydrogens (tertiary/aromatic N) is 1. The molecule has 0 unspecified atom stereocenters. The molecule has 1 aromatic rings. The highest BCUT2D eigenvalue weighted by atomic mass is 79.9. The van der Waals surface area contributed by atoms with Crippen LogP contribution in [0.15, 0.2) is 22.7 Å². The summed E-state index contributed by atoms with van der Waals surface area (Å²) in [5.74, 6) is -1.16. The molecule has 2 N–H and O–H groups in total. The zero-order valence-electron chi connectivity index (χ0n) is 10.4. The predicted octanol–water partition coefficient (Wildman–Crippen LogP) is 3.69. The van der Waals surface area contributed by atoms with Crippen LogP contribution < -0.4 is 10.6 Å². The van der Waals surface area contributed by atoms with Gasteiger partial charge in [0, 0.05) is 29.8 Å². The number of anilines is 1. The molecule has 0 saturated carbocycles. The average molecular weight is 337 g/mol. The van der Waals surface area contributed by atoms with Crippen molar-refractivity contribution in [2.24, 2.45) is 11.7 Å². The number of alkyl halides is 3. The molecule has 1 aliphatic rings. The monoisotopic (exact) mass is 336 g/mol. The Bertz CT molecular complexity index is 440. The lowest BCUT2D eigenvalue weighted by Gasteiger charge is -2.34. The number of nitrogens with two attached hydrogens (primary N) is 1. The fourth-order valence-electron chi connectivity index (χ4n) is 2.36. The van der Waals surface area contributed by atoms with E-state index >= 15 is 0 Å². The first kappa shape index (κ1) is 14.7. The van der Waals surface area contributed by atoms with Crippen LogP contribution in [0.25, 0.3) is 0 Å². The van der Waals surface area contributed by atoms with E-state index in [-0.39, 0.29) is 12.8 Å². The number of piperidine rings is 1. The van der Waals surface area contributed by atoms with Crippen molar-refractivity contribution in [3.63, 3.8) is 0 Å². The Morgan fingerprint density at radius 2 is 1.89 bits per heavy atom. The smallest absolute Gasteiger partial charge is 0.371 e. The summed E-state index contributed by atoms with van der Waals surface area (Å²) in [6.07, 6.45) is -3.73. The van der Waals surface area contributed by atoms with E-state index in [0.717, 1.165) is 15.7 Å². The fourth-order valence-corrected chi connectivity index (χ4v) is 2.89. The maximum Gasteiger partial charge on any atom is 0.391 e. The van der Waals surface area contributed by atoms with Crippen molar-refractivity contribution in [2.75, 3.05) is 18.0 Å². The summed E-state index contributed by atoms with van der Waals surface area (Å²) in [5, 5.41) is 0. The first-order valence-electron chi connectivity index (χ1n) is 6.22. The summed E-state index contributed by atoms with van der Waals surface area (Å²) in [5.41, 5.74) is 7.52. The van der Waals surface area contributed by atoms with Crippen LogP contribution >= 0.6 is 15.9 Å². The minimum atomic E-state index is -4.06. The van der Waals surface area contributed by atoms with Gasteiger partial charge < -0.3 is 10.6 Å². The standard InChI is InChI=1S/C13H16BrF3N2/c14-12-7-11(2-1-9(12)8-18)19-5-3-10(4-6-19)13(15,16)17/h1-2,7,10H,3-6,8,18H2. The third-order valence-electron chi connectivity index (χ3n) is 3.58. The first-order chi connectivity index (χ1) is 8.91. The number of hydrogen-bond acceptors (Lipinski definition) is 2. The normalized spacial score (nSPS) is 17.8. The minimum absolute atomic E-state index is 0.166. The number of halogens is 4. The van der Waals surface area contributed by atoms with Gasteiger partial charge in [-0.1, -0.05) is 22.0 Å². The molecule has 1 fully saturated rings. The third kappa shape index (κ3) is 3.42. The molecular weight excluding hydrogens is 321 g/mol. The van der Waals surface area contributed by atoms with Gasteiger partial charge in [-0.3, -0.25) is 0 Å². The summed E-state index contributed by atoms with van der Waals surface area (Å²) in [4.78, 5) is 1.99. The van der Waals surface area contributed by atoms with E-state index in [2.05, 4.69) is 15.9 Å². The van der Waals surface area contributed by atoms with Crippen LogP contribution in [0.5, 0.6) is 0 Å². The molecule has 2 nitrogen and oxygen atoms in total. The van der Waals surface area contributed by atoms with E-state index < -0.39 is 12.1 Å². The molecule has 6 heteroatoms. The van der Waals surface area contributed by atoms with Gasteiger partial charge in [0.15, 0.2) is 0 Å². The van der Waals surface area contributed by atoms with Gasteiger partial charge >= 0.3 is 6.18 Å². The lowest BCUT2D eigenvalue weighted by Crippen LogP contribution is -2.39. The number of rotatable bonds is 2. The molecule has 1 saturated heterocycles. The summed E-state index contributed by atoms with van der Waals surface area (Å²) in [6.45, 7) is 1.33. The Morgan fingerprint density at radius 3 is 2.37 bits per heavy atom. The van der Waals surface area contributed by atoms with Gasteiger partial charge in [-0.15, -0.1) is 0 Å². The maximum atomic E-state index is 12.6. The van der Waals surface area contributed by atoms with Gasteiger partial charge in [0.1, 0.15) is 0 Å². The summed E-state index contributed by atoms with van der Waals surface area (Å²) >= 11 is 3.43. The average Bonchev–Trinajstić information content (AvgIpc) is 2.38. The highest BCUT2D eigenvalue weighted by Crippen LogP contribution is 2.36. The van der Waals surface area contributed by atoms with Crippen molar-refractivity contribution >= 4 is 21.6 Å². The molecule has 1 aromatic carbocycles. The summed E-state index contributed by atoms with van der Waals surface area (Å²) in [7, 11) is 0. The van der Waals surface area contributed by atoms with Gasteiger partial charge in [-0.2, -0.15) is 13.2 Å². The molecular formula is C13H16BrF3N2. The van der Waals surface area contributed by atoms with Gasteiger partial charge in [0.25, 0.3) is 0 Å². The van der Waals surface area contributed by atoms with Crippen LogP contribution in [0, 0.1) is 5.92 Å². The van der Waals surface area contributed by atoms with E-state index in [9.17, 15) is 13.2 Å². The third-order valence-corrected chi connectivity index (χ3v) is 4.32. The molecule has 2 rings (SSSR count). The van der Waals surface area contributed by atoms with Crippen molar-refractivity contribution in [3.05, 3.63) is 28.2 Å². The van der Waals surface area contributed by atoms with Crippen molar-refractivity contribution < 1.29 is 13.2 Å². The maximum absolute atomic E-state index is 12.6.